The van der Waals surface area contributed by atoms with Crippen molar-refractivity contribution in [1.29, 1.82) is 5.26 Å². The summed E-state index contributed by atoms with van der Waals surface area (Å²) in [6.07, 6.45) is 3.26. The summed E-state index contributed by atoms with van der Waals surface area (Å²) >= 11 is 1.53. The molecule has 0 N–H and O–H groups in total. The van der Waals surface area contributed by atoms with Gasteiger partial charge in [0.25, 0.3) is 0 Å². The zero-order chi connectivity index (χ0) is 15.0. The third kappa shape index (κ3) is 2.59. The molecule has 0 aromatic carbocycles. The SMILES string of the molecule is Cc1cc(C(C#N)C(=O)c2cc3c(s2)CCC3)nc(C)n1. The largest absolute Gasteiger partial charge is 0.291 e. The van der Waals surface area contributed by atoms with Gasteiger partial charge in [0.2, 0.25) is 0 Å². The molecule has 0 spiro atoms. The lowest BCUT2D eigenvalue weighted by atomic mass is 9.99. The molecule has 0 fully saturated rings. The first-order valence-electron chi connectivity index (χ1n) is 6.96. The number of Topliss-reactive ketones (excluding diaryl/α,β-unsaturated/α-hetero) is 1. The van der Waals surface area contributed by atoms with E-state index in [-0.39, 0.29) is 5.78 Å². The van der Waals surface area contributed by atoms with Crippen LogP contribution < -0.4 is 0 Å². The molecule has 1 aliphatic rings. The molecular formula is C16H15N3OS. The summed E-state index contributed by atoms with van der Waals surface area (Å²) in [4.78, 5) is 23.1. The van der Waals surface area contributed by atoms with Crippen molar-refractivity contribution in [2.75, 3.05) is 0 Å². The molecule has 0 aliphatic heterocycles. The van der Waals surface area contributed by atoms with E-state index in [0.717, 1.165) is 18.5 Å². The molecule has 1 aliphatic carbocycles. The van der Waals surface area contributed by atoms with Crippen LogP contribution in [0.1, 0.15) is 49.7 Å². The number of aromatic nitrogens is 2. The lowest BCUT2D eigenvalue weighted by Gasteiger charge is -2.08. The van der Waals surface area contributed by atoms with Crippen molar-refractivity contribution in [2.24, 2.45) is 0 Å². The van der Waals surface area contributed by atoms with E-state index < -0.39 is 5.92 Å². The van der Waals surface area contributed by atoms with Gasteiger partial charge in [-0.25, -0.2) is 9.97 Å². The van der Waals surface area contributed by atoms with E-state index >= 15 is 0 Å². The number of carbonyl (C=O) groups is 1. The Morgan fingerprint density at radius 3 is 2.81 bits per heavy atom. The highest BCUT2D eigenvalue weighted by Crippen LogP contribution is 2.33. The molecular weight excluding hydrogens is 282 g/mol. The minimum Gasteiger partial charge on any atom is -0.291 e. The Kier molecular flexibility index (Phi) is 3.56. The Hall–Kier alpha value is -2.06. The van der Waals surface area contributed by atoms with Crippen molar-refractivity contribution < 1.29 is 4.79 Å². The summed E-state index contributed by atoms with van der Waals surface area (Å²) in [7, 11) is 0. The van der Waals surface area contributed by atoms with E-state index in [1.807, 2.05) is 13.0 Å². The second-order valence-corrected chi connectivity index (χ2v) is 6.46. The van der Waals surface area contributed by atoms with Crippen LogP contribution in [0.25, 0.3) is 0 Å². The lowest BCUT2D eigenvalue weighted by Crippen LogP contribution is -2.13. The van der Waals surface area contributed by atoms with Gasteiger partial charge in [-0.05, 0) is 50.8 Å². The quantitative estimate of drug-likeness (QED) is 0.816. The number of carbonyl (C=O) groups excluding carboxylic acids is 1. The molecule has 0 amide bonds. The maximum atomic E-state index is 12.6. The normalized spacial score (nSPS) is 14.5. The molecule has 5 heteroatoms. The predicted molar refractivity (Wildman–Crippen MR) is 80.5 cm³/mol. The maximum absolute atomic E-state index is 12.6. The average molecular weight is 297 g/mol. The smallest absolute Gasteiger partial charge is 0.195 e. The molecule has 2 aromatic rings. The minimum atomic E-state index is -0.843. The number of fused-ring (bicyclic) bond motifs is 1. The van der Waals surface area contributed by atoms with Crippen LogP contribution in [0.3, 0.4) is 0 Å². The van der Waals surface area contributed by atoms with E-state index in [1.54, 1.807) is 13.0 Å². The van der Waals surface area contributed by atoms with Crippen molar-refractivity contribution >= 4 is 17.1 Å². The van der Waals surface area contributed by atoms with E-state index in [2.05, 4.69) is 16.0 Å². The van der Waals surface area contributed by atoms with Gasteiger partial charge in [-0.15, -0.1) is 11.3 Å². The molecule has 21 heavy (non-hydrogen) atoms. The van der Waals surface area contributed by atoms with Gasteiger partial charge in [-0.1, -0.05) is 0 Å². The van der Waals surface area contributed by atoms with Crippen molar-refractivity contribution in [3.63, 3.8) is 0 Å². The van der Waals surface area contributed by atoms with Gasteiger partial charge in [-0.2, -0.15) is 5.26 Å². The Balaban J connectivity index is 1.95. The number of ketones is 1. The Morgan fingerprint density at radius 2 is 2.14 bits per heavy atom. The van der Waals surface area contributed by atoms with E-state index in [0.29, 0.717) is 16.4 Å². The molecule has 106 valence electrons. The van der Waals surface area contributed by atoms with Gasteiger partial charge in [0.15, 0.2) is 11.7 Å². The monoisotopic (exact) mass is 297 g/mol. The molecule has 0 saturated heterocycles. The third-order valence-electron chi connectivity index (χ3n) is 3.66. The summed E-state index contributed by atoms with van der Waals surface area (Å²) in [5.41, 5.74) is 2.55. The second kappa shape index (κ2) is 5.38. The predicted octanol–water partition coefficient (Wildman–Crippen LogP) is 3.13. The van der Waals surface area contributed by atoms with E-state index in [4.69, 9.17) is 0 Å². The number of thiophene rings is 1. The maximum Gasteiger partial charge on any atom is 0.195 e. The average Bonchev–Trinajstić information content (AvgIpc) is 2.98. The fourth-order valence-electron chi connectivity index (χ4n) is 2.75. The van der Waals surface area contributed by atoms with Gasteiger partial charge in [0, 0.05) is 10.6 Å². The van der Waals surface area contributed by atoms with Crippen LogP contribution in [-0.4, -0.2) is 15.8 Å². The van der Waals surface area contributed by atoms with Crippen LogP contribution in [0.2, 0.25) is 0 Å². The van der Waals surface area contributed by atoms with Gasteiger partial charge < -0.3 is 0 Å². The van der Waals surface area contributed by atoms with Gasteiger partial charge in [0.1, 0.15) is 5.82 Å². The van der Waals surface area contributed by atoms with Crippen molar-refractivity contribution in [2.45, 2.75) is 39.0 Å². The molecule has 3 rings (SSSR count). The molecule has 0 radical (unpaired) electrons. The van der Waals surface area contributed by atoms with Crippen molar-refractivity contribution in [3.8, 4) is 6.07 Å². The summed E-state index contributed by atoms with van der Waals surface area (Å²) in [6.45, 7) is 3.62. The third-order valence-corrected chi connectivity index (χ3v) is 4.91. The highest BCUT2D eigenvalue weighted by Gasteiger charge is 2.27. The molecule has 1 unspecified atom stereocenters. The summed E-state index contributed by atoms with van der Waals surface area (Å²) in [5, 5.41) is 9.41. The summed E-state index contributed by atoms with van der Waals surface area (Å²) in [6, 6.07) is 5.78. The van der Waals surface area contributed by atoms with Crippen LogP contribution in [0.4, 0.5) is 0 Å². The first kappa shape index (κ1) is 13.9. The number of aryl methyl sites for hydroxylation is 4. The van der Waals surface area contributed by atoms with Crippen LogP contribution in [0.15, 0.2) is 12.1 Å². The number of hydrogen-bond donors (Lipinski definition) is 0. The van der Waals surface area contributed by atoms with Crippen LogP contribution >= 0.6 is 11.3 Å². The van der Waals surface area contributed by atoms with Crippen molar-refractivity contribution in [1.82, 2.24) is 9.97 Å². The minimum absolute atomic E-state index is 0.144. The number of rotatable bonds is 3. The highest BCUT2D eigenvalue weighted by molar-refractivity contribution is 7.14. The standard InChI is InChI=1S/C16H15N3OS/c1-9-6-13(19-10(2)18-9)12(8-17)16(20)15-7-11-4-3-5-14(11)21-15/h6-7,12H,3-5H2,1-2H3. The Bertz CT molecular complexity index is 716. The molecule has 0 saturated carbocycles. The van der Waals surface area contributed by atoms with Gasteiger partial charge in [-0.3, -0.25) is 4.79 Å². The van der Waals surface area contributed by atoms with Crippen molar-refractivity contribution in [3.05, 3.63) is 44.7 Å². The number of hydrogen-bond acceptors (Lipinski definition) is 5. The zero-order valence-electron chi connectivity index (χ0n) is 12.0. The Labute approximate surface area is 127 Å². The summed E-state index contributed by atoms with van der Waals surface area (Å²) < 4.78 is 0. The fraction of sp³-hybridized carbons (Fsp3) is 0.375. The van der Waals surface area contributed by atoms with E-state index in [9.17, 15) is 10.1 Å². The first-order valence-corrected chi connectivity index (χ1v) is 7.77. The number of nitriles is 1. The fourth-order valence-corrected chi connectivity index (χ4v) is 3.97. The zero-order valence-corrected chi connectivity index (χ0v) is 12.8. The van der Waals surface area contributed by atoms with Gasteiger partial charge >= 0.3 is 0 Å². The Morgan fingerprint density at radius 1 is 1.33 bits per heavy atom. The molecule has 1 atom stereocenters. The highest BCUT2D eigenvalue weighted by atomic mass is 32.1. The van der Waals surface area contributed by atoms with Gasteiger partial charge in [0.05, 0.1) is 16.6 Å². The topological polar surface area (TPSA) is 66.6 Å². The van der Waals surface area contributed by atoms with Crippen LogP contribution in [0, 0.1) is 25.2 Å². The molecule has 0 bridgehead atoms. The first-order chi connectivity index (χ1) is 10.1. The summed E-state index contributed by atoms with van der Waals surface area (Å²) in [5.74, 6) is -0.398. The van der Waals surface area contributed by atoms with Crippen LogP contribution in [-0.2, 0) is 12.8 Å². The van der Waals surface area contributed by atoms with Crippen LogP contribution in [0.5, 0.6) is 0 Å². The second-order valence-electron chi connectivity index (χ2n) is 5.32. The lowest BCUT2D eigenvalue weighted by molar-refractivity contribution is 0.0981. The molecule has 4 nitrogen and oxygen atoms in total. The molecule has 2 heterocycles. The molecule has 2 aromatic heterocycles. The number of nitrogens with zero attached hydrogens (tertiary/aromatic N) is 3. The van der Waals surface area contributed by atoms with E-state index in [1.165, 1.54) is 28.2 Å².